The highest BCUT2D eigenvalue weighted by Crippen LogP contribution is 2.23. The number of aromatic nitrogens is 2. The van der Waals surface area contributed by atoms with E-state index in [1.54, 1.807) is 6.20 Å². The second-order valence-electron chi connectivity index (χ2n) is 6.35. The first-order valence-electron chi connectivity index (χ1n) is 8.73. The van der Waals surface area contributed by atoms with Gasteiger partial charge in [0, 0.05) is 28.9 Å². The molecule has 1 aliphatic rings. The molecule has 1 fully saturated rings. The Bertz CT molecular complexity index is 894. The molecular weight excluding hydrogens is 443 g/mol. The van der Waals surface area contributed by atoms with Crippen molar-refractivity contribution in [1.82, 2.24) is 14.9 Å². The number of amides is 1. The standard InChI is InChI=1S/C19H19IN4O2/c20-15-8-2-1-7-14(15)18(25)24-11-4-3-6-13(24)12-22-19-23-17-16(26-19)9-5-10-21-17/h1-2,5,7-10,13H,3-4,6,11-12H2,(H,21,22,23). The van der Waals surface area contributed by atoms with Crippen LogP contribution in [0.25, 0.3) is 11.2 Å². The van der Waals surface area contributed by atoms with E-state index in [-0.39, 0.29) is 11.9 Å². The summed E-state index contributed by atoms with van der Waals surface area (Å²) < 4.78 is 6.65. The number of halogens is 1. The van der Waals surface area contributed by atoms with Crippen LogP contribution in [0.2, 0.25) is 0 Å². The molecule has 0 spiro atoms. The monoisotopic (exact) mass is 462 g/mol. The summed E-state index contributed by atoms with van der Waals surface area (Å²) >= 11 is 2.22. The van der Waals surface area contributed by atoms with Gasteiger partial charge in [-0.05, 0) is 66.1 Å². The molecule has 0 saturated carbocycles. The van der Waals surface area contributed by atoms with Gasteiger partial charge in [-0.15, -0.1) is 0 Å². The van der Waals surface area contributed by atoms with Crippen LogP contribution in [0.3, 0.4) is 0 Å². The molecule has 6 nitrogen and oxygen atoms in total. The maximum Gasteiger partial charge on any atom is 0.297 e. The predicted molar refractivity (Wildman–Crippen MR) is 108 cm³/mol. The van der Waals surface area contributed by atoms with E-state index >= 15 is 0 Å². The predicted octanol–water partition coefficient (Wildman–Crippen LogP) is 3.93. The van der Waals surface area contributed by atoms with E-state index in [4.69, 9.17) is 4.42 Å². The lowest BCUT2D eigenvalue weighted by Gasteiger charge is -2.36. The third-order valence-electron chi connectivity index (χ3n) is 4.65. The summed E-state index contributed by atoms with van der Waals surface area (Å²) in [5.41, 5.74) is 2.02. The Morgan fingerprint density at radius 3 is 3.00 bits per heavy atom. The Kier molecular flexibility index (Phi) is 5.05. The van der Waals surface area contributed by atoms with Crippen molar-refractivity contribution >= 4 is 45.7 Å². The number of hydrogen-bond acceptors (Lipinski definition) is 5. The Morgan fingerprint density at radius 1 is 1.27 bits per heavy atom. The van der Waals surface area contributed by atoms with Crippen LogP contribution in [-0.2, 0) is 0 Å². The number of carbonyl (C=O) groups is 1. The number of fused-ring (bicyclic) bond motifs is 1. The van der Waals surface area contributed by atoms with Gasteiger partial charge in [0.1, 0.15) is 0 Å². The minimum Gasteiger partial charge on any atom is -0.422 e. The summed E-state index contributed by atoms with van der Waals surface area (Å²) in [5.74, 6) is 0.0979. The Labute approximate surface area is 165 Å². The van der Waals surface area contributed by atoms with Gasteiger partial charge in [-0.25, -0.2) is 4.98 Å². The highest BCUT2D eigenvalue weighted by molar-refractivity contribution is 14.1. The first-order chi connectivity index (χ1) is 12.7. The number of carbonyl (C=O) groups excluding carboxylic acids is 1. The molecule has 1 saturated heterocycles. The molecule has 1 amide bonds. The van der Waals surface area contributed by atoms with Crippen LogP contribution in [0, 0.1) is 3.57 Å². The summed E-state index contributed by atoms with van der Waals surface area (Å²) in [7, 11) is 0. The van der Waals surface area contributed by atoms with Gasteiger partial charge in [-0.2, -0.15) is 4.98 Å². The molecule has 4 rings (SSSR count). The SMILES string of the molecule is O=C(c1ccccc1I)N1CCCCC1CNc1nc2ncccc2o1. The van der Waals surface area contributed by atoms with Gasteiger partial charge in [0.25, 0.3) is 11.9 Å². The molecule has 7 heteroatoms. The average Bonchev–Trinajstić information content (AvgIpc) is 3.09. The van der Waals surface area contributed by atoms with Gasteiger partial charge in [0.05, 0.1) is 5.56 Å². The van der Waals surface area contributed by atoms with Crippen molar-refractivity contribution < 1.29 is 9.21 Å². The van der Waals surface area contributed by atoms with E-state index in [1.807, 2.05) is 41.3 Å². The lowest BCUT2D eigenvalue weighted by molar-refractivity contribution is 0.0626. The molecular formula is C19H19IN4O2. The van der Waals surface area contributed by atoms with E-state index in [9.17, 15) is 4.79 Å². The zero-order valence-electron chi connectivity index (χ0n) is 14.2. The first-order valence-corrected chi connectivity index (χ1v) is 9.81. The van der Waals surface area contributed by atoms with Crippen LogP contribution in [-0.4, -0.2) is 39.9 Å². The normalized spacial score (nSPS) is 17.4. The summed E-state index contributed by atoms with van der Waals surface area (Å²) in [5, 5.41) is 3.24. The van der Waals surface area contributed by atoms with Gasteiger partial charge in [-0.1, -0.05) is 12.1 Å². The van der Waals surface area contributed by atoms with Gasteiger partial charge in [-0.3, -0.25) is 4.79 Å². The van der Waals surface area contributed by atoms with Gasteiger partial charge < -0.3 is 14.6 Å². The molecule has 1 unspecified atom stereocenters. The van der Waals surface area contributed by atoms with E-state index < -0.39 is 0 Å². The number of hydrogen-bond donors (Lipinski definition) is 1. The summed E-state index contributed by atoms with van der Waals surface area (Å²) in [6, 6.07) is 12.0. The second-order valence-corrected chi connectivity index (χ2v) is 7.52. The quantitative estimate of drug-likeness (QED) is 0.595. The number of pyridine rings is 1. The molecule has 1 atom stereocenters. The van der Waals surface area contributed by atoms with Crippen LogP contribution in [0.15, 0.2) is 47.0 Å². The molecule has 0 radical (unpaired) electrons. The fourth-order valence-corrected chi connectivity index (χ4v) is 3.94. The highest BCUT2D eigenvalue weighted by atomic mass is 127. The van der Waals surface area contributed by atoms with E-state index in [1.165, 1.54) is 0 Å². The van der Waals surface area contributed by atoms with E-state index in [0.29, 0.717) is 23.8 Å². The summed E-state index contributed by atoms with van der Waals surface area (Å²) in [6.45, 7) is 1.40. The number of oxazole rings is 1. The maximum atomic E-state index is 13.0. The smallest absolute Gasteiger partial charge is 0.297 e. The molecule has 3 aromatic rings. The van der Waals surface area contributed by atoms with Crippen LogP contribution in [0.1, 0.15) is 29.6 Å². The number of rotatable bonds is 4. The third-order valence-corrected chi connectivity index (χ3v) is 5.59. The fourth-order valence-electron chi connectivity index (χ4n) is 3.32. The number of nitrogens with zero attached hydrogens (tertiary/aromatic N) is 3. The first kappa shape index (κ1) is 17.3. The Balaban J connectivity index is 1.48. The van der Waals surface area contributed by atoms with Gasteiger partial charge in [0.2, 0.25) is 5.65 Å². The molecule has 0 aliphatic carbocycles. The number of likely N-dealkylation sites (tertiary alicyclic amines) is 1. The van der Waals surface area contributed by atoms with Gasteiger partial charge in [0.15, 0.2) is 5.58 Å². The van der Waals surface area contributed by atoms with Crippen molar-refractivity contribution in [2.24, 2.45) is 0 Å². The molecule has 1 aromatic carbocycles. The van der Waals surface area contributed by atoms with Crippen molar-refractivity contribution in [1.29, 1.82) is 0 Å². The zero-order valence-corrected chi connectivity index (χ0v) is 16.3. The van der Waals surface area contributed by atoms with Crippen LogP contribution in [0.4, 0.5) is 6.01 Å². The van der Waals surface area contributed by atoms with Crippen LogP contribution < -0.4 is 5.32 Å². The summed E-state index contributed by atoms with van der Waals surface area (Å²) in [4.78, 5) is 23.5. The average molecular weight is 462 g/mol. The highest BCUT2D eigenvalue weighted by Gasteiger charge is 2.28. The number of piperidine rings is 1. The largest absolute Gasteiger partial charge is 0.422 e. The fraction of sp³-hybridized carbons (Fsp3) is 0.316. The van der Waals surface area contributed by atoms with Crippen LogP contribution in [0.5, 0.6) is 0 Å². The number of anilines is 1. The minimum absolute atomic E-state index is 0.0979. The maximum absolute atomic E-state index is 13.0. The molecule has 134 valence electrons. The zero-order chi connectivity index (χ0) is 17.9. The van der Waals surface area contributed by atoms with Crippen LogP contribution >= 0.6 is 22.6 Å². The lowest BCUT2D eigenvalue weighted by Crippen LogP contribution is -2.47. The molecule has 3 heterocycles. The lowest BCUT2D eigenvalue weighted by atomic mass is 10.0. The Morgan fingerprint density at radius 2 is 2.15 bits per heavy atom. The molecule has 0 bridgehead atoms. The molecule has 1 aliphatic heterocycles. The second kappa shape index (κ2) is 7.61. The molecule has 26 heavy (non-hydrogen) atoms. The van der Waals surface area contributed by atoms with Crippen molar-refractivity contribution in [2.75, 3.05) is 18.4 Å². The minimum atomic E-state index is 0.0979. The molecule has 1 N–H and O–H groups in total. The van der Waals surface area contributed by atoms with Gasteiger partial charge >= 0.3 is 0 Å². The number of benzene rings is 1. The molecule has 2 aromatic heterocycles. The van der Waals surface area contributed by atoms with E-state index in [0.717, 1.165) is 34.9 Å². The summed E-state index contributed by atoms with van der Waals surface area (Å²) in [6.07, 6.45) is 4.83. The Hall–Kier alpha value is -2.16. The van der Waals surface area contributed by atoms with Crippen molar-refractivity contribution in [3.8, 4) is 0 Å². The third kappa shape index (κ3) is 3.53. The van der Waals surface area contributed by atoms with Crippen molar-refractivity contribution in [2.45, 2.75) is 25.3 Å². The topological polar surface area (TPSA) is 71.3 Å². The number of nitrogens with one attached hydrogen (secondary N) is 1. The van der Waals surface area contributed by atoms with Crippen molar-refractivity contribution in [3.05, 3.63) is 51.7 Å². The van der Waals surface area contributed by atoms with Crippen molar-refractivity contribution in [3.63, 3.8) is 0 Å². The van der Waals surface area contributed by atoms with E-state index in [2.05, 4.69) is 37.9 Å².